The van der Waals surface area contributed by atoms with Crippen LogP contribution < -0.4 is 10.6 Å². The summed E-state index contributed by atoms with van der Waals surface area (Å²) in [5.41, 5.74) is 0. The van der Waals surface area contributed by atoms with Crippen molar-refractivity contribution in [3.05, 3.63) is 0 Å². The van der Waals surface area contributed by atoms with Crippen molar-refractivity contribution in [1.82, 2.24) is 10.6 Å². The molecule has 2 unspecified atom stereocenters. The Morgan fingerprint density at radius 2 is 2.11 bits per heavy atom. The number of aliphatic carboxylic acids is 1. The Hall–Kier alpha value is -1.67. The van der Waals surface area contributed by atoms with Gasteiger partial charge in [0.05, 0.1) is 6.10 Å². The van der Waals surface area contributed by atoms with Crippen LogP contribution in [0, 0.1) is 5.92 Å². The number of amides is 3. The lowest BCUT2D eigenvalue weighted by atomic mass is 10.0. The molecule has 0 spiro atoms. The zero-order valence-corrected chi connectivity index (χ0v) is 10.7. The molecule has 0 aliphatic carbocycles. The quantitative estimate of drug-likeness (QED) is 0.592. The monoisotopic (exact) mass is 274 g/mol. The maximum Gasteiger partial charge on any atom is 0.329 e. The first-order valence-electron chi connectivity index (χ1n) is 5.98. The number of nitrogens with one attached hydrogen (secondary N) is 2. The summed E-state index contributed by atoms with van der Waals surface area (Å²) in [6.45, 7) is 1.99. The fraction of sp³-hybridized carbons (Fsp3) is 0.727. The van der Waals surface area contributed by atoms with Gasteiger partial charge in [-0.15, -0.1) is 0 Å². The van der Waals surface area contributed by atoms with Gasteiger partial charge in [0.2, 0.25) is 0 Å². The third kappa shape index (κ3) is 6.16. The van der Waals surface area contributed by atoms with Crippen LogP contribution >= 0.6 is 0 Å². The van der Waals surface area contributed by atoms with E-state index in [0.29, 0.717) is 13.2 Å². The first kappa shape index (κ1) is 15.4. The third-order valence-corrected chi connectivity index (χ3v) is 2.77. The second kappa shape index (κ2) is 7.70. The van der Waals surface area contributed by atoms with E-state index in [2.05, 4.69) is 10.1 Å². The lowest BCUT2D eigenvalue weighted by Gasteiger charge is -2.14. The number of imide groups is 1. The summed E-state index contributed by atoms with van der Waals surface area (Å²) in [4.78, 5) is 32.7. The third-order valence-electron chi connectivity index (χ3n) is 2.77. The molecule has 0 radical (unpaired) electrons. The second-order valence-electron chi connectivity index (χ2n) is 4.27. The first-order chi connectivity index (χ1) is 8.99. The Morgan fingerprint density at radius 1 is 1.37 bits per heavy atom. The molecule has 8 heteroatoms. The highest BCUT2D eigenvalue weighted by molar-refractivity contribution is 5.94. The lowest BCUT2D eigenvalue weighted by molar-refractivity contribution is -0.143. The Kier molecular flexibility index (Phi) is 6.23. The molecule has 3 amide bonds. The maximum absolute atomic E-state index is 11.4. The topological polar surface area (TPSA) is 114 Å². The van der Waals surface area contributed by atoms with E-state index in [0.717, 1.165) is 6.42 Å². The van der Waals surface area contributed by atoms with Crippen molar-refractivity contribution in [3.63, 3.8) is 0 Å². The molecular formula is C11H18N2O6. The van der Waals surface area contributed by atoms with E-state index in [1.54, 1.807) is 0 Å². The highest BCUT2D eigenvalue weighted by Crippen LogP contribution is 2.18. The van der Waals surface area contributed by atoms with Gasteiger partial charge in [-0.1, -0.05) is 0 Å². The van der Waals surface area contributed by atoms with Gasteiger partial charge in [0.25, 0.3) is 5.91 Å². The van der Waals surface area contributed by atoms with Crippen LogP contribution in [0.1, 0.15) is 13.3 Å². The molecule has 1 rings (SSSR count). The molecule has 0 aromatic carbocycles. The number of urea groups is 1. The summed E-state index contributed by atoms with van der Waals surface area (Å²) >= 11 is 0. The van der Waals surface area contributed by atoms with E-state index in [9.17, 15) is 14.4 Å². The van der Waals surface area contributed by atoms with E-state index >= 15 is 0 Å². The van der Waals surface area contributed by atoms with Crippen LogP contribution in [0.2, 0.25) is 0 Å². The largest absolute Gasteiger partial charge is 0.480 e. The zero-order valence-electron chi connectivity index (χ0n) is 10.7. The molecule has 0 aromatic heterocycles. The van der Waals surface area contributed by atoms with E-state index in [1.165, 1.54) is 0 Å². The number of rotatable bonds is 6. The fourth-order valence-corrected chi connectivity index (χ4v) is 1.71. The Bertz CT molecular complexity index is 346. The predicted octanol–water partition coefficient (Wildman–Crippen LogP) is -0.662. The van der Waals surface area contributed by atoms with Gasteiger partial charge in [0.15, 0.2) is 0 Å². The normalized spacial score (nSPS) is 21.9. The second-order valence-corrected chi connectivity index (χ2v) is 4.27. The molecule has 2 atom stereocenters. The van der Waals surface area contributed by atoms with Crippen molar-refractivity contribution in [2.24, 2.45) is 5.92 Å². The number of carbonyl (C=O) groups is 3. The molecule has 19 heavy (non-hydrogen) atoms. The molecular weight excluding hydrogens is 256 g/mol. The van der Waals surface area contributed by atoms with Gasteiger partial charge in [0, 0.05) is 19.1 Å². The van der Waals surface area contributed by atoms with E-state index < -0.39 is 31.1 Å². The molecule has 8 nitrogen and oxygen atoms in total. The number of carboxylic acid groups (broad SMARTS) is 1. The number of carboxylic acids is 1. The summed E-state index contributed by atoms with van der Waals surface area (Å²) in [7, 11) is 0. The Labute approximate surface area is 110 Å². The minimum Gasteiger partial charge on any atom is -0.480 e. The van der Waals surface area contributed by atoms with Crippen molar-refractivity contribution < 1.29 is 29.0 Å². The average Bonchev–Trinajstić information content (AvgIpc) is 2.71. The summed E-state index contributed by atoms with van der Waals surface area (Å²) < 4.78 is 9.88. The van der Waals surface area contributed by atoms with Crippen molar-refractivity contribution in [1.29, 1.82) is 0 Å². The van der Waals surface area contributed by atoms with Gasteiger partial charge in [-0.05, 0) is 13.3 Å². The van der Waals surface area contributed by atoms with Crippen molar-refractivity contribution in [2.75, 3.05) is 26.4 Å². The van der Waals surface area contributed by atoms with E-state index in [4.69, 9.17) is 9.84 Å². The Morgan fingerprint density at radius 3 is 2.68 bits per heavy atom. The molecule has 0 aromatic rings. The Balaban J connectivity index is 2.12. The van der Waals surface area contributed by atoms with Gasteiger partial charge in [-0.25, -0.2) is 9.59 Å². The van der Waals surface area contributed by atoms with Crippen molar-refractivity contribution in [2.45, 2.75) is 19.4 Å². The fourth-order valence-electron chi connectivity index (χ4n) is 1.71. The highest BCUT2D eigenvalue weighted by Gasteiger charge is 2.24. The van der Waals surface area contributed by atoms with Gasteiger partial charge in [-0.2, -0.15) is 0 Å². The summed E-state index contributed by atoms with van der Waals surface area (Å²) in [6, 6.07) is -0.622. The first-order valence-corrected chi connectivity index (χ1v) is 5.98. The molecule has 0 bridgehead atoms. The van der Waals surface area contributed by atoms with E-state index in [-0.39, 0.29) is 12.0 Å². The van der Waals surface area contributed by atoms with Crippen LogP contribution in [-0.2, 0) is 19.1 Å². The molecule has 108 valence electrons. The molecule has 1 saturated heterocycles. The van der Waals surface area contributed by atoms with E-state index in [1.807, 2.05) is 12.2 Å². The van der Waals surface area contributed by atoms with Crippen LogP contribution in [0.3, 0.4) is 0 Å². The van der Waals surface area contributed by atoms with Gasteiger partial charge < -0.3 is 19.9 Å². The van der Waals surface area contributed by atoms with Crippen LogP contribution in [0.4, 0.5) is 4.79 Å². The van der Waals surface area contributed by atoms with Crippen LogP contribution in [0.25, 0.3) is 0 Å². The van der Waals surface area contributed by atoms with Gasteiger partial charge >= 0.3 is 12.0 Å². The number of hydrogen-bond acceptors (Lipinski definition) is 5. The molecule has 0 saturated carbocycles. The number of ether oxygens (including phenoxy) is 2. The minimum absolute atomic E-state index is 0.0925. The van der Waals surface area contributed by atoms with Gasteiger partial charge in [0.1, 0.15) is 13.2 Å². The van der Waals surface area contributed by atoms with Crippen LogP contribution in [-0.4, -0.2) is 55.5 Å². The number of hydrogen-bond donors (Lipinski definition) is 3. The van der Waals surface area contributed by atoms with Crippen LogP contribution in [0.5, 0.6) is 0 Å². The standard InChI is InChI=1S/C11H18N2O6/c1-7-8(2-3-19-7)4-12-11(17)13-9(14)5-18-6-10(15)16/h7-8H,2-6H2,1H3,(H,15,16)(H2,12,13,14,17). The van der Waals surface area contributed by atoms with Crippen molar-refractivity contribution >= 4 is 17.9 Å². The average molecular weight is 274 g/mol. The smallest absolute Gasteiger partial charge is 0.329 e. The minimum atomic E-state index is -1.17. The number of carbonyl (C=O) groups excluding carboxylic acids is 2. The molecule has 3 N–H and O–H groups in total. The SMILES string of the molecule is CC1OCCC1CNC(=O)NC(=O)COCC(=O)O. The maximum atomic E-state index is 11.4. The zero-order chi connectivity index (χ0) is 14.3. The van der Waals surface area contributed by atoms with Crippen LogP contribution in [0.15, 0.2) is 0 Å². The molecule has 1 heterocycles. The van der Waals surface area contributed by atoms with Crippen molar-refractivity contribution in [3.8, 4) is 0 Å². The molecule has 1 aliphatic heterocycles. The summed E-state index contributed by atoms with van der Waals surface area (Å²) in [6.07, 6.45) is 0.965. The lowest BCUT2D eigenvalue weighted by Crippen LogP contribution is -2.43. The molecule has 1 fully saturated rings. The summed E-state index contributed by atoms with van der Waals surface area (Å²) in [5, 5.41) is 12.9. The highest BCUT2D eigenvalue weighted by atomic mass is 16.5. The van der Waals surface area contributed by atoms with Gasteiger partial charge in [-0.3, -0.25) is 10.1 Å². The summed E-state index contributed by atoms with van der Waals surface area (Å²) in [5.74, 6) is -1.62. The molecule has 1 aliphatic rings. The predicted molar refractivity (Wildman–Crippen MR) is 63.5 cm³/mol.